The number of hydrogen-bond donors (Lipinski definition) is 12. The molecule has 3 aliphatic rings. The van der Waals surface area contributed by atoms with Gasteiger partial charge in [0.1, 0.15) is 73.2 Å². The number of aliphatic hydroxyl groups excluding tert-OH is 11. The van der Waals surface area contributed by atoms with Crippen molar-refractivity contribution in [2.45, 2.75) is 426 Å². The van der Waals surface area contributed by atoms with Gasteiger partial charge in [0.25, 0.3) is 0 Å². The lowest BCUT2D eigenvalue weighted by molar-refractivity contribution is -0.379. The Bertz CT molecular complexity index is 1810. The molecule has 0 bridgehead atoms. The molecule has 3 aliphatic heterocycles. The van der Waals surface area contributed by atoms with Gasteiger partial charge in [-0.3, -0.25) is 4.79 Å². The van der Waals surface area contributed by atoms with Gasteiger partial charge in [0.2, 0.25) is 5.91 Å². The summed E-state index contributed by atoms with van der Waals surface area (Å²) >= 11 is 0. The van der Waals surface area contributed by atoms with Gasteiger partial charge in [-0.25, -0.2) is 0 Å². The molecule has 0 radical (unpaired) electrons. The molecule has 17 atom stereocenters. The number of hydrogen-bond acceptors (Lipinski definition) is 18. The third kappa shape index (κ3) is 38.8. The zero-order chi connectivity index (χ0) is 68.9. The van der Waals surface area contributed by atoms with Crippen LogP contribution in [-0.4, -0.2) is 193 Å². The molecule has 1 amide bonds. The van der Waals surface area contributed by atoms with E-state index in [1.165, 1.54) is 250 Å². The topological polar surface area (TPSA) is 307 Å². The van der Waals surface area contributed by atoms with Crippen LogP contribution in [0.1, 0.15) is 322 Å². The van der Waals surface area contributed by atoms with Crippen molar-refractivity contribution in [2.75, 3.05) is 26.4 Å². The lowest BCUT2D eigenvalue weighted by Crippen LogP contribution is -2.66. The van der Waals surface area contributed by atoms with E-state index in [4.69, 9.17) is 28.4 Å². The molecule has 3 rings (SSSR count). The smallest absolute Gasteiger partial charge is 0.220 e. The number of aliphatic hydroxyl groups is 11. The van der Waals surface area contributed by atoms with Crippen molar-refractivity contribution in [2.24, 2.45) is 0 Å². The highest BCUT2D eigenvalue weighted by Crippen LogP contribution is 2.33. The van der Waals surface area contributed by atoms with E-state index in [1.54, 1.807) is 6.08 Å². The number of rotatable bonds is 62. The Labute approximate surface area is 575 Å². The number of unbranched alkanes of at least 4 members (excludes halogenated alkanes) is 44. The second-order valence-corrected chi connectivity index (χ2v) is 28.2. The Kier molecular flexibility index (Phi) is 53.3. The predicted molar refractivity (Wildman–Crippen MR) is 374 cm³/mol. The van der Waals surface area contributed by atoms with Crippen LogP contribution in [0.2, 0.25) is 0 Å². The van der Waals surface area contributed by atoms with Gasteiger partial charge < -0.3 is 89.9 Å². The standard InChI is InChI=1S/C76H143NO18/c1-3-5-7-9-11-13-15-16-17-18-19-20-21-22-23-24-25-26-27-28-29-30-31-32-33-34-35-36-37-38-39-40-41-42-44-46-48-50-52-54-64(82)77-59(60(81)53-51-49-47-45-43-14-12-10-8-6-4-2)58-90-74-70(88)67(85)72(62(56-79)92-74)95-76-71(89)68(86)73(63(57-80)93-76)94-75-69(87)66(84)65(83)61(55-78)91-75/h43,45,51,53,59-63,65-76,78-81,83-89H,3-42,44,46-50,52,54-58H2,1-2H3,(H,77,82)/b45-43+,53-51+. The second kappa shape index (κ2) is 57.8. The van der Waals surface area contributed by atoms with Crippen LogP contribution in [0, 0.1) is 0 Å². The first-order valence-electron chi connectivity index (χ1n) is 39.1. The normalized spacial score (nSPS) is 27.3. The van der Waals surface area contributed by atoms with Gasteiger partial charge in [0.05, 0.1) is 38.6 Å². The zero-order valence-corrected chi connectivity index (χ0v) is 59.7. The molecule has 0 spiro atoms. The Balaban J connectivity index is 1.26. The Morgan fingerprint density at radius 3 is 1.05 bits per heavy atom. The molecule has 0 saturated carbocycles. The van der Waals surface area contributed by atoms with E-state index in [0.717, 1.165) is 38.5 Å². The van der Waals surface area contributed by atoms with Crippen LogP contribution in [0.4, 0.5) is 0 Å². The molecule has 3 saturated heterocycles. The van der Waals surface area contributed by atoms with Crippen LogP contribution in [0.15, 0.2) is 24.3 Å². The summed E-state index contributed by atoms with van der Waals surface area (Å²) in [5.41, 5.74) is 0. The molecule has 560 valence electrons. The Morgan fingerprint density at radius 1 is 0.368 bits per heavy atom. The van der Waals surface area contributed by atoms with Crippen molar-refractivity contribution in [1.82, 2.24) is 5.32 Å². The fraction of sp³-hybridized carbons (Fsp3) is 0.934. The monoisotopic (exact) mass is 1360 g/mol. The van der Waals surface area contributed by atoms with E-state index in [0.29, 0.717) is 12.8 Å². The van der Waals surface area contributed by atoms with Crippen LogP contribution in [-0.2, 0) is 33.2 Å². The first-order chi connectivity index (χ1) is 46.3. The summed E-state index contributed by atoms with van der Waals surface area (Å²) in [6.07, 6.45) is 42.4. The van der Waals surface area contributed by atoms with Gasteiger partial charge >= 0.3 is 0 Å². The van der Waals surface area contributed by atoms with Crippen LogP contribution in [0.3, 0.4) is 0 Å². The predicted octanol–water partition coefficient (Wildman–Crippen LogP) is 12.2. The first kappa shape index (κ1) is 87.5. The first-order valence-corrected chi connectivity index (χ1v) is 39.1. The highest BCUT2D eigenvalue weighted by atomic mass is 16.8. The molecule has 95 heavy (non-hydrogen) atoms. The van der Waals surface area contributed by atoms with E-state index in [2.05, 4.69) is 31.3 Å². The average Bonchev–Trinajstić information content (AvgIpc) is 0.786. The minimum absolute atomic E-state index is 0.240. The minimum Gasteiger partial charge on any atom is -0.394 e. The number of ether oxygens (including phenoxy) is 6. The third-order valence-corrected chi connectivity index (χ3v) is 19.8. The summed E-state index contributed by atoms with van der Waals surface area (Å²) < 4.78 is 34.3. The highest BCUT2D eigenvalue weighted by Gasteiger charge is 2.53. The summed E-state index contributed by atoms with van der Waals surface area (Å²) in [5, 5.41) is 120. The lowest BCUT2D eigenvalue weighted by Gasteiger charge is -2.48. The van der Waals surface area contributed by atoms with Crippen molar-refractivity contribution in [3.05, 3.63) is 24.3 Å². The van der Waals surface area contributed by atoms with Crippen LogP contribution < -0.4 is 5.32 Å². The van der Waals surface area contributed by atoms with Crippen molar-refractivity contribution < 1.29 is 89.4 Å². The van der Waals surface area contributed by atoms with Crippen LogP contribution in [0.5, 0.6) is 0 Å². The van der Waals surface area contributed by atoms with Gasteiger partial charge in [0.15, 0.2) is 18.9 Å². The van der Waals surface area contributed by atoms with Gasteiger partial charge in [-0.15, -0.1) is 0 Å². The fourth-order valence-electron chi connectivity index (χ4n) is 13.4. The molecule has 3 heterocycles. The quantitative estimate of drug-likeness (QED) is 0.0199. The van der Waals surface area contributed by atoms with Crippen molar-refractivity contribution >= 4 is 5.91 Å². The van der Waals surface area contributed by atoms with Crippen molar-refractivity contribution in [3.8, 4) is 0 Å². The van der Waals surface area contributed by atoms with Crippen molar-refractivity contribution in [1.29, 1.82) is 0 Å². The molecule has 12 N–H and O–H groups in total. The number of amides is 1. The number of nitrogens with one attached hydrogen (secondary N) is 1. The molecular formula is C76H143NO18. The maximum absolute atomic E-state index is 13.4. The molecule has 0 aromatic carbocycles. The summed E-state index contributed by atoms with van der Waals surface area (Å²) in [5.74, 6) is -0.281. The SMILES string of the molecule is CCCCCCC/C=C/CC/C=C/C(O)C(COC1OC(CO)C(OC2OC(CO)C(OC3OC(CO)C(O)C(O)C3O)C(O)C2O)C(O)C1O)NC(=O)CCCCCCCCCCCCCCCCCCCCCCCCCCCCCCCCCCCCCCCCC. The van der Waals surface area contributed by atoms with E-state index in [-0.39, 0.29) is 18.9 Å². The molecule has 0 aliphatic carbocycles. The van der Waals surface area contributed by atoms with Gasteiger partial charge in [0, 0.05) is 6.42 Å². The lowest BCUT2D eigenvalue weighted by atomic mass is 9.96. The Morgan fingerprint density at radius 2 is 0.674 bits per heavy atom. The summed E-state index contributed by atoms with van der Waals surface area (Å²) in [6.45, 7) is 1.71. The molecule has 0 aromatic heterocycles. The minimum atomic E-state index is -1.98. The maximum atomic E-state index is 13.4. The second-order valence-electron chi connectivity index (χ2n) is 28.2. The van der Waals surface area contributed by atoms with Gasteiger partial charge in [-0.05, 0) is 32.1 Å². The maximum Gasteiger partial charge on any atom is 0.220 e. The Hall–Kier alpha value is -1.73. The molecule has 19 heteroatoms. The average molecular weight is 1360 g/mol. The summed E-state index contributed by atoms with van der Waals surface area (Å²) in [6, 6.07) is -0.986. The number of carbonyl (C=O) groups excluding carboxylic acids is 1. The third-order valence-electron chi connectivity index (χ3n) is 19.8. The van der Waals surface area contributed by atoms with Crippen LogP contribution >= 0.6 is 0 Å². The van der Waals surface area contributed by atoms with E-state index in [9.17, 15) is 61.0 Å². The molecule has 17 unspecified atom stereocenters. The van der Waals surface area contributed by atoms with E-state index in [1.807, 2.05) is 6.08 Å². The van der Waals surface area contributed by atoms with E-state index < -0.39 is 124 Å². The number of allylic oxidation sites excluding steroid dienone is 3. The largest absolute Gasteiger partial charge is 0.394 e. The summed E-state index contributed by atoms with van der Waals surface area (Å²) in [7, 11) is 0. The van der Waals surface area contributed by atoms with Gasteiger partial charge in [-0.1, -0.05) is 308 Å². The zero-order valence-electron chi connectivity index (χ0n) is 59.7. The highest BCUT2D eigenvalue weighted by molar-refractivity contribution is 5.76. The summed E-state index contributed by atoms with van der Waals surface area (Å²) in [4.78, 5) is 13.4. The molecule has 0 aromatic rings. The van der Waals surface area contributed by atoms with Gasteiger partial charge in [-0.2, -0.15) is 0 Å². The van der Waals surface area contributed by atoms with Crippen molar-refractivity contribution in [3.63, 3.8) is 0 Å². The molecule has 19 nitrogen and oxygen atoms in total. The number of carbonyl (C=O) groups is 1. The van der Waals surface area contributed by atoms with Crippen LogP contribution in [0.25, 0.3) is 0 Å². The molecule has 3 fully saturated rings. The molecular weight excluding hydrogens is 1210 g/mol. The fourth-order valence-corrected chi connectivity index (χ4v) is 13.4. The van der Waals surface area contributed by atoms with E-state index >= 15 is 0 Å².